The van der Waals surface area contributed by atoms with Gasteiger partial charge in [-0.05, 0) is 19.1 Å². The number of halogens is 5. The molecule has 3 aromatic heterocycles. The van der Waals surface area contributed by atoms with E-state index < -0.39 is 55.4 Å². The molecular formula is C18H13F5N8O3S. The Morgan fingerprint density at radius 1 is 1.14 bits per heavy atom. The van der Waals surface area contributed by atoms with E-state index in [9.17, 15) is 30.8 Å². The number of rotatable bonds is 4. The summed E-state index contributed by atoms with van der Waals surface area (Å²) in [5.74, 6) is -3.11. The summed E-state index contributed by atoms with van der Waals surface area (Å²) in [4.78, 5) is 19.1. The first-order chi connectivity index (χ1) is 16.2. The first-order valence-corrected chi connectivity index (χ1v) is 10.8. The maximum absolute atomic E-state index is 15.3. The summed E-state index contributed by atoms with van der Waals surface area (Å²) in [5, 5.41) is 6.72. The molecule has 0 unspecified atom stereocenters. The zero-order chi connectivity index (χ0) is 25.9. The minimum Gasteiger partial charge on any atom is -0.368 e. The molecule has 0 saturated heterocycles. The Bertz CT molecular complexity index is 1660. The Labute approximate surface area is 192 Å². The van der Waals surface area contributed by atoms with E-state index in [0.717, 1.165) is 13.2 Å². The average Bonchev–Trinajstić information content (AvgIpc) is 3.17. The molecule has 0 saturated carbocycles. The molecule has 0 bridgehead atoms. The van der Waals surface area contributed by atoms with Crippen molar-refractivity contribution < 1.29 is 30.4 Å². The van der Waals surface area contributed by atoms with Crippen molar-refractivity contribution >= 4 is 32.6 Å². The standard InChI is InChI=1S/C18H13F5N8O3S/c1-7-13-8(5-25-17(24)26-13)16(32)31(27-7)14-9(19)3-4-10(12(14)20)29-35(33,34)11-6-30(2)28-15(11)18(21,22)23/h3-6,29H,1-2H3,(H2,24,25,26). The SMILES string of the molecule is Cc1nn(-c2c(F)ccc(NS(=O)(=O)c3cn(C)nc3C(F)(F)F)c2F)c(=O)c2cnc(N)nc12. The van der Waals surface area contributed by atoms with Gasteiger partial charge >= 0.3 is 6.18 Å². The lowest BCUT2D eigenvalue weighted by molar-refractivity contribution is -0.143. The molecule has 0 fully saturated rings. The fourth-order valence-corrected chi connectivity index (χ4v) is 4.47. The van der Waals surface area contributed by atoms with Gasteiger partial charge in [0.15, 0.2) is 17.3 Å². The number of alkyl halides is 3. The van der Waals surface area contributed by atoms with Gasteiger partial charge in [0.05, 0.1) is 16.8 Å². The molecule has 0 aliphatic rings. The Balaban J connectivity index is 1.87. The third-order valence-electron chi connectivity index (χ3n) is 4.70. The number of hydrogen-bond acceptors (Lipinski definition) is 8. The molecule has 11 nitrogen and oxygen atoms in total. The molecule has 0 atom stereocenters. The summed E-state index contributed by atoms with van der Waals surface area (Å²) in [6, 6.07) is 1.25. The number of nitrogens with zero attached hydrogens (tertiary/aromatic N) is 6. The molecule has 3 heterocycles. The number of fused-ring (bicyclic) bond motifs is 1. The van der Waals surface area contributed by atoms with Gasteiger partial charge in [-0.2, -0.15) is 28.1 Å². The molecule has 17 heteroatoms. The highest BCUT2D eigenvalue weighted by Crippen LogP contribution is 2.34. The van der Waals surface area contributed by atoms with Gasteiger partial charge in [-0.15, -0.1) is 0 Å². The predicted octanol–water partition coefficient (Wildman–Crippen LogP) is 1.90. The summed E-state index contributed by atoms with van der Waals surface area (Å²) in [5.41, 5.74) is 0.709. The molecule has 4 rings (SSSR count). The van der Waals surface area contributed by atoms with Crippen molar-refractivity contribution in [3.63, 3.8) is 0 Å². The molecule has 0 amide bonds. The van der Waals surface area contributed by atoms with Crippen molar-refractivity contribution in [1.29, 1.82) is 0 Å². The van der Waals surface area contributed by atoms with E-state index >= 15 is 4.39 Å². The highest BCUT2D eigenvalue weighted by molar-refractivity contribution is 7.92. The maximum atomic E-state index is 15.3. The van der Waals surface area contributed by atoms with E-state index in [1.54, 1.807) is 4.72 Å². The normalized spacial score (nSPS) is 12.3. The van der Waals surface area contributed by atoms with Crippen molar-refractivity contribution in [2.75, 3.05) is 10.5 Å². The summed E-state index contributed by atoms with van der Waals surface area (Å²) in [6.07, 6.45) is -3.55. The van der Waals surface area contributed by atoms with Gasteiger partial charge in [-0.1, -0.05) is 0 Å². The van der Waals surface area contributed by atoms with Crippen LogP contribution in [-0.2, 0) is 23.2 Å². The lowest BCUT2D eigenvalue weighted by Crippen LogP contribution is -2.26. The summed E-state index contributed by atoms with van der Waals surface area (Å²) in [7, 11) is -4.00. The van der Waals surface area contributed by atoms with Crippen LogP contribution in [-0.4, -0.2) is 37.9 Å². The number of nitrogens with two attached hydrogens (primary N) is 1. The van der Waals surface area contributed by atoms with Crippen LogP contribution >= 0.6 is 0 Å². The van der Waals surface area contributed by atoms with Crippen molar-refractivity contribution in [3.05, 3.63) is 57.9 Å². The van der Waals surface area contributed by atoms with Crippen LogP contribution < -0.4 is 16.0 Å². The second-order valence-corrected chi connectivity index (χ2v) is 8.82. The lowest BCUT2D eigenvalue weighted by Gasteiger charge is -2.14. The van der Waals surface area contributed by atoms with E-state index in [1.165, 1.54) is 6.92 Å². The summed E-state index contributed by atoms with van der Waals surface area (Å²) >= 11 is 0. The third kappa shape index (κ3) is 4.13. The van der Waals surface area contributed by atoms with Crippen LogP contribution in [0.15, 0.2) is 34.2 Å². The van der Waals surface area contributed by atoms with E-state index in [-0.39, 0.29) is 22.5 Å². The van der Waals surface area contributed by atoms with Gasteiger partial charge in [0, 0.05) is 19.4 Å². The van der Waals surface area contributed by atoms with Crippen molar-refractivity contribution in [1.82, 2.24) is 29.5 Å². The zero-order valence-corrected chi connectivity index (χ0v) is 18.4. The molecule has 0 spiro atoms. The molecule has 184 valence electrons. The number of aromatic nitrogens is 6. The van der Waals surface area contributed by atoms with E-state index in [1.807, 2.05) is 0 Å². The maximum Gasteiger partial charge on any atom is 0.436 e. The van der Waals surface area contributed by atoms with Gasteiger partial charge in [0.1, 0.15) is 16.1 Å². The fraction of sp³-hybridized carbons (Fsp3) is 0.167. The average molecular weight is 516 g/mol. The number of nitrogens with one attached hydrogen (secondary N) is 1. The largest absolute Gasteiger partial charge is 0.436 e. The second-order valence-electron chi connectivity index (χ2n) is 7.17. The van der Waals surface area contributed by atoms with Crippen molar-refractivity contribution in [2.45, 2.75) is 18.0 Å². The third-order valence-corrected chi connectivity index (χ3v) is 6.07. The van der Waals surface area contributed by atoms with Gasteiger partial charge in [0.25, 0.3) is 15.6 Å². The van der Waals surface area contributed by atoms with Crippen LogP contribution in [0.25, 0.3) is 16.6 Å². The number of nitrogen functional groups attached to an aromatic ring is 1. The van der Waals surface area contributed by atoms with Crippen molar-refractivity contribution in [2.24, 2.45) is 7.05 Å². The number of hydrogen-bond donors (Lipinski definition) is 2. The topological polar surface area (TPSA) is 151 Å². The minimum absolute atomic E-state index is 0.0210. The summed E-state index contributed by atoms with van der Waals surface area (Å²) < 4.78 is 97.5. The second kappa shape index (κ2) is 7.97. The molecule has 0 aliphatic carbocycles. The number of anilines is 2. The smallest absolute Gasteiger partial charge is 0.368 e. The van der Waals surface area contributed by atoms with Crippen LogP contribution in [0, 0.1) is 18.6 Å². The molecule has 0 radical (unpaired) electrons. The molecule has 3 N–H and O–H groups in total. The van der Waals surface area contributed by atoms with Crippen LogP contribution in [0.2, 0.25) is 0 Å². The van der Waals surface area contributed by atoms with E-state index in [0.29, 0.717) is 27.7 Å². The lowest BCUT2D eigenvalue weighted by atomic mass is 10.2. The molecular weight excluding hydrogens is 503 g/mol. The summed E-state index contributed by atoms with van der Waals surface area (Å²) in [6.45, 7) is 1.37. The van der Waals surface area contributed by atoms with Gasteiger partial charge < -0.3 is 5.73 Å². The van der Waals surface area contributed by atoms with Gasteiger partial charge in [0.2, 0.25) is 5.95 Å². The first kappa shape index (κ1) is 24.0. The monoisotopic (exact) mass is 516 g/mol. The Morgan fingerprint density at radius 3 is 2.49 bits per heavy atom. The Morgan fingerprint density at radius 2 is 1.83 bits per heavy atom. The van der Waals surface area contributed by atoms with Gasteiger partial charge in [-0.3, -0.25) is 14.2 Å². The molecule has 1 aromatic carbocycles. The van der Waals surface area contributed by atoms with Crippen LogP contribution in [0.5, 0.6) is 0 Å². The Hall–Kier alpha value is -4.15. The fourth-order valence-electron chi connectivity index (χ4n) is 3.21. The van der Waals surface area contributed by atoms with Crippen LogP contribution in [0.1, 0.15) is 11.4 Å². The van der Waals surface area contributed by atoms with Crippen LogP contribution in [0.4, 0.5) is 33.6 Å². The number of aryl methyl sites for hydroxylation is 2. The van der Waals surface area contributed by atoms with Gasteiger partial charge in [-0.25, -0.2) is 27.2 Å². The zero-order valence-electron chi connectivity index (χ0n) is 17.6. The number of sulfonamides is 1. The quantitative estimate of drug-likeness (QED) is 0.391. The van der Waals surface area contributed by atoms with E-state index in [2.05, 4.69) is 20.2 Å². The van der Waals surface area contributed by atoms with Crippen LogP contribution in [0.3, 0.4) is 0 Å². The first-order valence-electron chi connectivity index (χ1n) is 9.35. The van der Waals surface area contributed by atoms with E-state index in [4.69, 9.17) is 5.73 Å². The predicted molar refractivity (Wildman–Crippen MR) is 111 cm³/mol. The Kier molecular flexibility index (Phi) is 5.46. The highest BCUT2D eigenvalue weighted by atomic mass is 32.2. The minimum atomic E-state index is -5.14. The number of benzene rings is 1. The van der Waals surface area contributed by atoms with Crippen molar-refractivity contribution in [3.8, 4) is 5.69 Å². The molecule has 4 aromatic rings. The molecule has 35 heavy (non-hydrogen) atoms. The highest BCUT2D eigenvalue weighted by Gasteiger charge is 2.41. The molecule has 0 aliphatic heterocycles.